The number of nitrogens with zero attached hydrogens (tertiary/aromatic N) is 1. The van der Waals surface area contributed by atoms with Gasteiger partial charge in [-0.1, -0.05) is 78.1 Å². The Balaban J connectivity index is 4.07. The highest BCUT2D eigenvalue weighted by molar-refractivity contribution is 7.50. The van der Waals surface area contributed by atoms with E-state index in [9.17, 15) is 9.46 Å². The summed E-state index contributed by atoms with van der Waals surface area (Å²) in [5.74, 6) is 0. The summed E-state index contributed by atoms with van der Waals surface area (Å²) >= 11 is 0. The zero-order chi connectivity index (χ0) is 17.4. The average Bonchev–Trinajstić information content (AvgIpc) is 2.51. The molecule has 0 aliphatic rings. The van der Waals surface area contributed by atoms with E-state index in [1.54, 1.807) is 11.6 Å². The van der Waals surface area contributed by atoms with Crippen LogP contribution in [0, 0.1) is 0 Å². The summed E-state index contributed by atoms with van der Waals surface area (Å²) in [7, 11) is -3.59. The van der Waals surface area contributed by atoms with Crippen LogP contribution in [0.3, 0.4) is 0 Å². The van der Waals surface area contributed by atoms with Crippen molar-refractivity contribution in [1.29, 1.82) is 0 Å². The number of unbranched alkanes of at least 4 members (excludes halogenated alkanes) is 10. The third kappa shape index (κ3) is 13.1. The van der Waals surface area contributed by atoms with Gasteiger partial charge in [0, 0.05) is 13.1 Å². The van der Waals surface area contributed by atoms with Crippen molar-refractivity contribution >= 4 is 7.75 Å². The highest BCUT2D eigenvalue weighted by Crippen LogP contribution is 2.46. The Morgan fingerprint density at radius 1 is 0.739 bits per heavy atom. The molecule has 1 unspecified atom stereocenters. The fourth-order valence-corrected chi connectivity index (χ4v) is 4.05. The molecule has 0 spiro atoms. The highest BCUT2D eigenvalue weighted by atomic mass is 31.2. The molecule has 0 aromatic heterocycles. The SMILES string of the molecule is CCCCCCCCN(CCCCCCCC)P(=O)(O)OCC. The molecular weight excluding hydrogens is 309 g/mol. The minimum Gasteiger partial charge on any atom is -0.312 e. The third-order valence-electron chi connectivity index (χ3n) is 4.19. The molecule has 0 saturated carbocycles. The number of hydrogen-bond acceptors (Lipinski definition) is 2. The average molecular weight is 349 g/mol. The second-order valence-electron chi connectivity index (χ2n) is 6.40. The Kier molecular flexibility index (Phi) is 15.7. The van der Waals surface area contributed by atoms with E-state index in [4.69, 9.17) is 4.52 Å². The van der Waals surface area contributed by atoms with Crippen LogP contribution < -0.4 is 0 Å². The van der Waals surface area contributed by atoms with Crippen molar-refractivity contribution in [3.63, 3.8) is 0 Å². The minimum atomic E-state index is -3.59. The van der Waals surface area contributed by atoms with Gasteiger partial charge in [-0.05, 0) is 19.8 Å². The summed E-state index contributed by atoms with van der Waals surface area (Å²) in [4.78, 5) is 10.1. The molecule has 0 heterocycles. The molecule has 23 heavy (non-hydrogen) atoms. The molecule has 140 valence electrons. The number of rotatable bonds is 17. The molecule has 4 nitrogen and oxygen atoms in total. The summed E-state index contributed by atoms with van der Waals surface area (Å²) in [6, 6.07) is 0. The van der Waals surface area contributed by atoms with Crippen molar-refractivity contribution in [3.05, 3.63) is 0 Å². The molecule has 0 aliphatic heterocycles. The van der Waals surface area contributed by atoms with Crippen molar-refractivity contribution in [1.82, 2.24) is 4.67 Å². The summed E-state index contributed by atoms with van der Waals surface area (Å²) in [6.45, 7) is 7.84. The van der Waals surface area contributed by atoms with Crippen molar-refractivity contribution in [3.8, 4) is 0 Å². The Hall–Kier alpha value is 0.110. The summed E-state index contributed by atoms with van der Waals surface area (Å²) in [5.41, 5.74) is 0. The van der Waals surface area contributed by atoms with Crippen LogP contribution in [0.15, 0.2) is 0 Å². The van der Waals surface area contributed by atoms with Crippen molar-refractivity contribution in [2.24, 2.45) is 0 Å². The van der Waals surface area contributed by atoms with E-state index < -0.39 is 7.75 Å². The van der Waals surface area contributed by atoms with Crippen LogP contribution in [-0.2, 0) is 9.09 Å². The Morgan fingerprint density at radius 3 is 1.52 bits per heavy atom. The van der Waals surface area contributed by atoms with Gasteiger partial charge < -0.3 is 4.89 Å². The maximum absolute atomic E-state index is 12.3. The zero-order valence-electron chi connectivity index (χ0n) is 15.8. The van der Waals surface area contributed by atoms with Crippen LogP contribution in [0.1, 0.15) is 97.8 Å². The Morgan fingerprint density at radius 2 is 1.13 bits per heavy atom. The summed E-state index contributed by atoms with van der Waals surface area (Å²) in [6.07, 6.45) is 14.3. The van der Waals surface area contributed by atoms with E-state index in [0.717, 1.165) is 25.7 Å². The van der Waals surface area contributed by atoms with E-state index in [2.05, 4.69) is 13.8 Å². The maximum Gasteiger partial charge on any atom is 0.405 e. The zero-order valence-corrected chi connectivity index (χ0v) is 16.7. The first-order valence-corrected chi connectivity index (χ1v) is 11.3. The number of hydrogen-bond donors (Lipinski definition) is 1. The van der Waals surface area contributed by atoms with Gasteiger partial charge in [0.15, 0.2) is 0 Å². The Labute approximate surface area is 144 Å². The maximum atomic E-state index is 12.3. The standard InChI is InChI=1S/C18H40NO3P/c1-4-7-9-11-13-15-17-19(23(20,21)22-6-3)18-16-14-12-10-8-5-2/h4-18H2,1-3H3,(H,20,21). The molecule has 0 aliphatic carbocycles. The third-order valence-corrected chi connectivity index (χ3v) is 5.90. The first-order chi connectivity index (χ1) is 11.1. The highest BCUT2D eigenvalue weighted by Gasteiger charge is 2.28. The van der Waals surface area contributed by atoms with Gasteiger partial charge in [-0.25, -0.2) is 9.24 Å². The Bertz CT molecular complexity index is 284. The molecular formula is C18H40NO3P. The van der Waals surface area contributed by atoms with Gasteiger partial charge in [0.05, 0.1) is 6.61 Å². The molecule has 1 atom stereocenters. The monoisotopic (exact) mass is 349 g/mol. The lowest BCUT2D eigenvalue weighted by atomic mass is 10.1. The van der Waals surface area contributed by atoms with Crippen LogP contribution in [0.25, 0.3) is 0 Å². The van der Waals surface area contributed by atoms with Gasteiger partial charge in [-0.3, -0.25) is 4.52 Å². The van der Waals surface area contributed by atoms with Gasteiger partial charge in [0.1, 0.15) is 0 Å². The van der Waals surface area contributed by atoms with E-state index >= 15 is 0 Å². The molecule has 0 amide bonds. The predicted molar refractivity (Wildman–Crippen MR) is 99.8 cm³/mol. The van der Waals surface area contributed by atoms with Gasteiger partial charge in [0.2, 0.25) is 0 Å². The lowest BCUT2D eigenvalue weighted by Crippen LogP contribution is -2.24. The molecule has 0 aromatic carbocycles. The molecule has 0 radical (unpaired) electrons. The molecule has 0 fully saturated rings. The fraction of sp³-hybridized carbons (Fsp3) is 1.00. The van der Waals surface area contributed by atoms with Crippen molar-refractivity contribution < 1.29 is 14.0 Å². The largest absolute Gasteiger partial charge is 0.405 e. The first-order valence-electron chi connectivity index (χ1n) is 9.81. The van der Waals surface area contributed by atoms with Crippen LogP contribution in [0.4, 0.5) is 0 Å². The smallest absolute Gasteiger partial charge is 0.312 e. The van der Waals surface area contributed by atoms with Gasteiger partial charge in [0.25, 0.3) is 0 Å². The lowest BCUT2D eigenvalue weighted by molar-refractivity contribution is 0.206. The molecule has 0 aromatic rings. The van der Waals surface area contributed by atoms with Crippen molar-refractivity contribution in [2.75, 3.05) is 19.7 Å². The topological polar surface area (TPSA) is 49.8 Å². The second kappa shape index (κ2) is 15.6. The van der Waals surface area contributed by atoms with Crippen LogP contribution >= 0.6 is 7.75 Å². The van der Waals surface area contributed by atoms with E-state index in [1.165, 1.54) is 51.4 Å². The normalized spacial score (nSPS) is 14.3. The van der Waals surface area contributed by atoms with E-state index in [0.29, 0.717) is 13.1 Å². The quantitative estimate of drug-likeness (QED) is 0.253. The molecule has 0 bridgehead atoms. The van der Waals surface area contributed by atoms with Crippen LogP contribution in [-0.4, -0.2) is 29.3 Å². The van der Waals surface area contributed by atoms with Crippen molar-refractivity contribution in [2.45, 2.75) is 97.8 Å². The van der Waals surface area contributed by atoms with Gasteiger partial charge in [-0.2, -0.15) is 0 Å². The first kappa shape index (κ1) is 23.1. The molecule has 1 N–H and O–H groups in total. The van der Waals surface area contributed by atoms with E-state index in [-0.39, 0.29) is 6.61 Å². The minimum absolute atomic E-state index is 0.289. The second-order valence-corrected chi connectivity index (χ2v) is 8.20. The van der Waals surface area contributed by atoms with Crippen LogP contribution in [0.5, 0.6) is 0 Å². The van der Waals surface area contributed by atoms with Gasteiger partial charge in [-0.15, -0.1) is 0 Å². The molecule has 0 rings (SSSR count). The molecule has 0 saturated heterocycles. The van der Waals surface area contributed by atoms with E-state index in [1.807, 2.05) is 0 Å². The lowest BCUT2D eigenvalue weighted by Gasteiger charge is -2.26. The summed E-state index contributed by atoms with van der Waals surface area (Å²) < 4.78 is 19.1. The fourth-order valence-electron chi connectivity index (χ4n) is 2.76. The molecule has 5 heteroatoms. The van der Waals surface area contributed by atoms with Crippen LogP contribution in [0.2, 0.25) is 0 Å². The predicted octanol–water partition coefficient (Wildman–Crippen LogP) is 6.15. The van der Waals surface area contributed by atoms with Gasteiger partial charge >= 0.3 is 7.75 Å². The summed E-state index contributed by atoms with van der Waals surface area (Å²) in [5, 5.41) is 0.